The number of carbonyl (C=O) groups excluding carboxylic acids is 1. The van der Waals surface area contributed by atoms with Crippen LogP contribution in [0.2, 0.25) is 0 Å². The largest absolute Gasteiger partial charge is 0.380 e. The maximum Gasteiger partial charge on any atom is 0.282 e. The number of hydrogen-bond acceptors (Lipinski definition) is 3. The summed E-state index contributed by atoms with van der Waals surface area (Å²) in [5.74, 6) is -1.73. The van der Waals surface area contributed by atoms with E-state index in [1.54, 1.807) is 22.8 Å². The van der Waals surface area contributed by atoms with E-state index in [9.17, 15) is 13.6 Å². The topological polar surface area (TPSA) is 43.6 Å². The standard InChI is InChI=1S/C18H16F2N2O2S/c1-2-24-11-10-22-16-14(20)8-5-9-15(16)25-18(22)21-17(23)12-6-3-4-7-13(12)19/h3-9H,2,10-11H2,1H3. The Morgan fingerprint density at radius 3 is 2.68 bits per heavy atom. The fourth-order valence-corrected chi connectivity index (χ4v) is 3.53. The highest BCUT2D eigenvalue weighted by Gasteiger charge is 2.14. The minimum atomic E-state index is -0.699. The summed E-state index contributed by atoms with van der Waals surface area (Å²) < 4.78 is 35.6. The predicted molar refractivity (Wildman–Crippen MR) is 92.6 cm³/mol. The van der Waals surface area contributed by atoms with E-state index in [1.165, 1.54) is 35.6 Å². The molecule has 130 valence electrons. The lowest BCUT2D eigenvalue weighted by Crippen LogP contribution is -2.20. The monoisotopic (exact) mass is 362 g/mol. The molecule has 2 aromatic carbocycles. The molecule has 0 atom stereocenters. The quantitative estimate of drug-likeness (QED) is 0.649. The Balaban J connectivity index is 2.11. The molecule has 0 radical (unpaired) electrons. The molecule has 0 saturated heterocycles. The van der Waals surface area contributed by atoms with Crippen LogP contribution < -0.4 is 4.80 Å². The Labute approximate surface area is 147 Å². The first-order valence-corrected chi connectivity index (χ1v) is 8.62. The molecular weight excluding hydrogens is 346 g/mol. The van der Waals surface area contributed by atoms with Gasteiger partial charge in [0.2, 0.25) is 0 Å². The van der Waals surface area contributed by atoms with Gasteiger partial charge in [0.15, 0.2) is 4.80 Å². The molecule has 3 aromatic rings. The molecule has 7 heteroatoms. The Morgan fingerprint density at radius 2 is 1.92 bits per heavy atom. The second-order valence-corrected chi connectivity index (χ2v) is 6.23. The van der Waals surface area contributed by atoms with Gasteiger partial charge in [-0.05, 0) is 31.2 Å². The molecule has 3 rings (SSSR count). The molecule has 0 saturated carbocycles. The third kappa shape index (κ3) is 3.67. The highest BCUT2D eigenvalue weighted by atomic mass is 32.1. The van der Waals surface area contributed by atoms with Crippen LogP contribution in [0.15, 0.2) is 47.5 Å². The number of carbonyl (C=O) groups is 1. The van der Waals surface area contributed by atoms with Crippen LogP contribution in [0.5, 0.6) is 0 Å². The molecule has 0 unspecified atom stereocenters. The summed E-state index contributed by atoms with van der Waals surface area (Å²) in [7, 11) is 0. The van der Waals surface area contributed by atoms with Gasteiger partial charge >= 0.3 is 0 Å². The van der Waals surface area contributed by atoms with E-state index in [4.69, 9.17) is 4.74 Å². The normalized spacial score (nSPS) is 12.0. The van der Waals surface area contributed by atoms with E-state index in [2.05, 4.69) is 4.99 Å². The zero-order chi connectivity index (χ0) is 17.8. The van der Waals surface area contributed by atoms with E-state index in [0.29, 0.717) is 34.8 Å². The molecule has 0 aliphatic heterocycles. The van der Waals surface area contributed by atoms with Crippen LogP contribution in [0, 0.1) is 11.6 Å². The lowest BCUT2D eigenvalue weighted by molar-refractivity contribution is 0.0993. The van der Waals surface area contributed by atoms with Gasteiger partial charge in [0.25, 0.3) is 5.91 Å². The van der Waals surface area contributed by atoms with Crippen LogP contribution in [0.4, 0.5) is 8.78 Å². The average molecular weight is 362 g/mol. The number of para-hydroxylation sites is 1. The van der Waals surface area contributed by atoms with Gasteiger partial charge in [0, 0.05) is 13.2 Å². The van der Waals surface area contributed by atoms with Crippen LogP contribution in [0.25, 0.3) is 10.2 Å². The minimum Gasteiger partial charge on any atom is -0.380 e. The second kappa shape index (κ2) is 7.67. The minimum absolute atomic E-state index is 0.114. The third-order valence-electron chi connectivity index (χ3n) is 3.62. The van der Waals surface area contributed by atoms with Crippen molar-refractivity contribution >= 4 is 27.5 Å². The molecule has 0 aliphatic carbocycles. The molecule has 0 fully saturated rings. The van der Waals surface area contributed by atoms with Gasteiger partial charge < -0.3 is 9.30 Å². The first kappa shape index (κ1) is 17.4. The van der Waals surface area contributed by atoms with E-state index in [0.717, 1.165) is 0 Å². The molecule has 0 spiro atoms. The van der Waals surface area contributed by atoms with Crippen molar-refractivity contribution in [3.8, 4) is 0 Å². The predicted octanol–water partition coefficient (Wildman–Crippen LogP) is 3.76. The van der Waals surface area contributed by atoms with E-state index < -0.39 is 17.5 Å². The fraction of sp³-hybridized carbons (Fsp3) is 0.222. The van der Waals surface area contributed by atoms with Gasteiger partial charge in [0.1, 0.15) is 11.6 Å². The van der Waals surface area contributed by atoms with E-state index >= 15 is 0 Å². The number of halogens is 2. The number of benzene rings is 2. The Morgan fingerprint density at radius 1 is 1.16 bits per heavy atom. The van der Waals surface area contributed by atoms with Crippen molar-refractivity contribution in [2.45, 2.75) is 13.5 Å². The van der Waals surface area contributed by atoms with Crippen LogP contribution in [0.3, 0.4) is 0 Å². The summed E-state index contributed by atoms with van der Waals surface area (Å²) in [5, 5.41) is 0. The van der Waals surface area contributed by atoms with Gasteiger partial charge in [-0.1, -0.05) is 29.5 Å². The number of hydrogen-bond donors (Lipinski definition) is 0. The SMILES string of the molecule is CCOCCn1c(=NC(=O)c2ccccc2F)sc2cccc(F)c21. The van der Waals surface area contributed by atoms with Gasteiger partial charge in [-0.15, -0.1) is 0 Å². The lowest BCUT2D eigenvalue weighted by Gasteiger charge is -2.06. The fourth-order valence-electron chi connectivity index (χ4n) is 2.46. The summed E-state index contributed by atoms with van der Waals surface area (Å²) in [5.41, 5.74) is 0.254. The summed E-state index contributed by atoms with van der Waals surface area (Å²) in [6.07, 6.45) is 0. The number of nitrogens with zero attached hydrogens (tertiary/aromatic N) is 2. The molecule has 25 heavy (non-hydrogen) atoms. The number of amides is 1. The number of thiazole rings is 1. The molecule has 0 N–H and O–H groups in total. The number of ether oxygens (including phenoxy) is 1. The van der Waals surface area contributed by atoms with Crippen molar-refractivity contribution in [3.63, 3.8) is 0 Å². The van der Waals surface area contributed by atoms with Gasteiger partial charge in [-0.25, -0.2) is 8.78 Å². The van der Waals surface area contributed by atoms with Crippen molar-refractivity contribution in [2.24, 2.45) is 4.99 Å². The Kier molecular flexibility index (Phi) is 5.35. The number of aromatic nitrogens is 1. The molecular formula is C18H16F2N2O2S. The first-order chi connectivity index (χ1) is 12.1. The highest BCUT2D eigenvalue weighted by molar-refractivity contribution is 7.16. The summed E-state index contributed by atoms with van der Waals surface area (Å²) in [6, 6.07) is 10.4. The average Bonchev–Trinajstić information content (AvgIpc) is 2.94. The van der Waals surface area contributed by atoms with Crippen molar-refractivity contribution in [3.05, 3.63) is 64.5 Å². The first-order valence-electron chi connectivity index (χ1n) is 7.81. The van der Waals surface area contributed by atoms with Crippen molar-refractivity contribution in [1.29, 1.82) is 0 Å². The maximum absolute atomic E-state index is 14.3. The molecule has 1 aromatic heterocycles. The Bertz CT molecular complexity index is 979. The van der Waals surface area contributed by atoms with Gasteiger partial charge in [-0.3, -0.25) is 4.79 Å². The van der Waals surface area contributed by atoms with Gasteiger partial charge in [-0.2, -0.15) is 4.99 Å². The smallest absolute Gasteiger partial charge is 0.282 e. The molecule has 0 aliphatic rings. The van der Waals surface area contributed by atoms with Crippen LogP contribution in [0.1, 0.15) is 17.3 Å². The molecule has 0 bridgehead atoms. The number of rotatable bonds is 5. The van der Waals surface area contributed by atoms with E-state index in [-0.39, 0.29) is 5.56 Å². The third-order valence-corrected chi connectivity index (χ3v) is 4.66. The second-order valence-electron chi connectivity index (χ2n) is 5.22. The van der Waals surface area contributed by atoms with Crippen molar-refractivity contribution in [1.82, 2.24) is 4.57 Å². The van der Waals surface area contributed by atoms with Crippen LogP contribution in [-0.4, -0.2) is 23.7 Å². The number of fused-ring (bicyclic) bond motifs is 1. The molecule has 1 heterocycles. The van der Waals surface area contributed by atoms with Crippen molar-refractivity contribution < 1.29 is 18.3 Å². The van der Waals surface area contributed by atoms with E-state index in [1.807, 2.05) is 6.92 Å². The van der Waals surface area contributed by atoms with Crippen LogP contribution >= 0.6 is 11.3 Å². The zero-order valence-corrected chi connectivity index (χ0v) is 14.4. The zero-order valence-electron chi connectivity index (χ0n) is 13.5. The summed E-state index contributed by atoms with van der Waals surface area (Å²) in [6.45, 7) is 3.10. The lowest BCUT2D eigenvalue weighted by atomic mass is 10.2. The summed E-state index contributed by atoms with van der Waals surface area (Å²) in [4.78, 5) is 16.7. The highest BCUT2D eigenvalue weighted by Crippen LogP contribution is 2.20. The van der Waals surface area contributed by atoms with Crippen LogP contribution in [-0.2, 0) is 11.3 Å². The molecule has 4 nitrogen and oxygen atoms in total. The molecule has 1 amide bonds. The summed E-state index contributed by atoms with van der Waals surface area (Å²) >= 11 is 1.18. The maximum atomic E-state index is 14.3. The van der Waals surface area contributed by atoms with Gasteiger partial charge in [0.05, 0.1) is 22.4 Å². The Hall–Kier alpha value is -2.38. The van der Waals surface area contributed by atoms with Crippen molar-refractivity contribution in [2.75, 3.05) is 13.2 Å².